The Bertz CT molecular complexity index is 185. The van der Waals surface area contributed by atoms with Crippen LogP contribution < -0.4 is 0 Å². The van der Waals surface area contributed by atoms with Crippen molar-refractivity contribution in [3.8, 4) is 0 Å². The van der Waals surface area contributed by atoms with Crippen LogP contribution in [-0.4, -0.2) is 9.17 Å². The van der Waals surface area contributed by atoms with Gasteiger partial charge >= 0.3 is 0 Å². The van der Waals surface area contributed by atoms with Gasteiger partial charge in [-0.05, 0) is 12.2 Å². The summed E-state index contributed by atoms with van der Waals surface area (Å²) in [6.45, 7) is 0. The van der Waals surface area contributed by atoms with Gasteiger partial charge in [0.25, 0.3) is 0 Å². The highest BCUT2D eigenvalue weighted by molar-refractivity contribution is 6.69. The minimum atomic E-state index is -1.44. The molecule has 0 saturated heterocycles. The van der Waals surface area contributed by atoms with Crippen molar-refractivity contribution in [3.05, 3.63) is 22.7 Å². The summed E-state index contributed by atoms with van der Waals surface area (Å²) in [7, 11) is 0. The van der Waals surface area contributed by atoms with Crippen LogP contribution in [0.3, 0.4) is 0 Å². The predicted molar refractivity (Wildman–Crippen MR) is 58.9 cm³/mol. The molecule has 0 N–H and O–H groups in total. The molecule has 1 unspecified atom stereocenters. The first kappa shape index (κ1) is 13.2. The molecule has 0 spiro atoms. The molecule has 0 fully saturated rings. The largest absolute Gasteiger partial charge is 0.209 e. The third kappa shape index (κ3) is 9.31. The minimum Gasteiger partial charge on any atom is -0.114 e. The van der Waals surface area contributed by atoms with Gasteiger partial charge in [0.05, 0.1) is 5.38 Å². The Morgan fingerprint density at radius 2 is 1.67 bits per heavy atom. The smallest absolute Gasteiger partial charge is 0.114 e. The van der Waals surface area contributed by atoms with Crippen molar-refractivity contribution in [2.45, 2.75) is 9.17 Å². The van der Waals surface area contributed by atoms with Crippen molar-refractivity contribution in [2.24, 2.45) is 0 Å². The quantitative estimate of drug-likeness (QED) is 0.504. The molecular formula is C6H4Cl6. The molecule has 0 amide bonds. The lowest BCUT2D eigenvalue weighted by atomic mass is 10.4. The van der Waals surface area contributed by atoms with E-state index in [-0.39, 0.29) is 4.49 Å². The second kappa shape index (κ2) is 5.85. The molecule has 0 heterocycles. The zero-order chi connectivity index (χ0) is 9.78. The molecule has 0 saturated carbocycles. The molecule has 70 valence electrons. The van der Waals surface area contributed by atoms with E-state index >= 15 is 0 Å². The number of rotatable bonds is 2. The van der Waals surface area contributed by atoms with E-state index in [1.165, 1.54) is 18.2 Å². The maximum atomic E-state index is 5.67. The summed E-state index contributed by atoms with van der Waals surface area (Å²) < 4.78 is -1.37. The maximum Gasteiger partial charge on any atom is 0.209 e. The summed E-state index contributed by atoms with van der Waals surface area (Å²) >= 11 is 32.6. The molecular weight excluding hydrogens is 285 g/mol. The van der Waals surface area contributed by atoms with Gasteiger partial charge < -0.3 is 0 Å². The average molecular weight is 289 g/mol. The Morgan fingerprint density at radius 1 is 1.17 bits per heavy atom. The molecule has 0 rings (SSSR count). The van der Waals surface area contributed by atoms with Crippen LogP contribution >= 0.6 is 69.6 Å². The van der Waals surface area contributed by atoms with Gasteiger partial charge in [-0.2, -0.15) is 0 Å². The Kier molecular flexibility index (Phi) is 6.44. The van der Waals surface area contributed by atoms with Crippen LogP contribution in [-0.2, 0) is 0 Å². The molecule has 0 aliphatic carbocycles. The van der Waals surface area contributed by atoms with Crippen molar-refractivity contribution < 1.29 is 0 Å². The zero-order valence-corrected chi connectivity index (χ0v) is 10.1. The van der Waals surface area contributed by atoms with E-state index in [4.69, 9.17) is 69.6 Å². The van der Waals surface area contributed by atoms with Gasteiger partial charge in [-0.3, -0.25) is 0 Å². The van der Waals surface area contributed by atoms with Crippen LogP contribution in [0.4, 0.5) is 0 Å². The fourth-order valence-corrected chi connectivity index (χ4v) is 1.19. The zero-order valence-electron chi connectivity index (χ0n) is 5.58. The predicted octanol–water partition coefficient (Wildman–Crippen LogP) is 4.84. The standard InChI is InChI=1S/C6H4Cl6/c7-4(3-5(8)9)1-2-6(10,11)12/h1-4H. The molecule has 0 aliphatic rings. The first-order valence-corrected chi connectivity index (χ1v) is 5.07. The van der Waals surface area contributed by atoms with Gasteiger partial charge in [0, 0.05) is 0 Å². The van der Waals surface area contributed by atoms with Gasteiger partial charge in [0.1, 0.15) is 4.49 Å². The molecule has 0 radical (unpaired) electrons. The molecule has 12 heavy (non-hydrogen) atoms. The Balaban J connectivity index is 4.10. The van der Waals surface area contributed by atoms with Crippen molar-refractivity contribution in [1.82, 2.24) is 0 Å². The summed E-state index contributed by atoms with van der Waals surface area (Å²) in [5.41, 5.74) is 0. The third-order valence-electron chi connectivity index (χ3n) is 0.754. The lowest BCUT2D eigenvalue weighted by Gasteiger charge is -2.03. The highest BCUT2D eigenvalue weighted by Gasteiger charge is 2.14. The average Bonchev–Trinajstić information content (AvgIpc) is 1.80. The monoisotopic (exact) mass is 286 g/mol. The number of hydrogen-bond acceptors (Lipinski definition) is 0. The molecule has 6 heteroatoms. The molecule has 0 aromatic heterocycles. The first-order valence-electron chi connectivity index (χ1n) is 2.74. The Hall–Kier alpha value is 1.22. The summed E-state index contributed by atoms with van der Waals surface area (Å²) in [6, 6.07) is 0. The molecule has 1 atom stereocenters. The minimum absolute atomic E-state index is 0.0731. The van der Waals surface area contributed by atoms with E-state index in [9.17, 15) is 0 Å². The second-order valence-electron chi connectivity index (χ2n) is 1.80. The van der Waals surface area contributed by atoms with E-state index in [0.717, 1.165) is 0 Å². The van der Waals surface area contributed by atoms with Crippen LogP contribution in [0.15, 0.2) is 22.7 Å². The summed E-state index contributed by atoms with van der Waals surface area (Å²) in [5.74, 6) is 0. The van der Waals surface area contributed by atoms with Gasteiger partial charge in [-0.25, -0.2) is 0 Å². The number of hydrogen-bond donors (Lipinski definition) is 0. The van der Waals surface area contributed by atoms with E-state index in [1.54, 1.807) is 0 Å². The lowest BCUT2D eigenvalue weighted by Crippen LogP contribution is -1.97. The topological polar surface area (TPSA) is 0 Å². The van der Waals surface area contributed by atoms with Crippen LogP contribution in [0.5, 0.6) is 0 Å². The molecule has 0 nitrogen and oxygen atoms in total. The van der Waals surface area contributed by atoms with Gasteiger partial charge in [0.2, 0.25) is 3.79 Å². The summed E-state index contributed by atoms with van der Waals surface area (Å²) in [4.78, 5) is 0. The van der Waals surface area contributed by atoms with E-state index in [0.29, 0.717) is 0 Å². The van der Waals surface area contributed by atoms with Crippen molar-refractivity contribution >= 4 is 69.6 Å². The Morgan fingerprint density at radius 3 is 2.00 bits per heavy atom. The van der Waals surface area contributed by atoms with Crippen LogP contribution in [0.25, 0.3) is 0 Å². The Labute approximate surface area is 101 Å². The van der Waals surface area contributed by atoms with E-state index < -0.39 is 9.17 Å². The fraction of sp³-hybridized carbons (Fsp3) is 0.333. The number of allylic oxidation sites excluding steroid dienone is 3. The van der Waals surface area contributed by atoms with Crippen LogP contribution in [0, 0.1) is 0 Å². The normalized spacial score (nSPS) is 14.8. The number of halogens is 6. The van der Waals surface area contributed by atoms with Crippen molar-refractivity contribution in [3.63, 3.8) is 0 Å². The second-order valence-corrected chi connectivity index (χ2v) is 5.68. The summed E-state index contributed by atoms with van der Waals surface area (Å²) in [6.07, 6.45) is 4.19. The molecule has 0 aromatic carbocycles. The van der Waals surface area contributed by atoms with Crippen LogP contribution in [0.2, 0.25) is 0 Å². The summed E-state index contributed by atoms with van der Waals surface area (Å²) in [5, 5.41) is -0.481. The van der Waals surface area contributed by atoms with Crippen LogP contribution in [0.1, 0.15) is 0 Å². The fourth-order valence-electron chi connectivity index (χ4n) is 0.377. The number of alkyl halides is 4. The highest BCUT2D eigenvalue weighted by atomic mass is 35.6. The lowest BCUT2D eigenvalue weighted by molar-refractivity contribution is 1.34. The van der Waals surface area contributed by atoms with E-state index in [1.807, 2.05) is 0 Å². The maximum absolute atomic E-state index is 5.67. The SMILES string of the molecule is ClC(Cl)=CC(Cl)C=CC(Cl)(Cl)Cl. The molecule has 0 aromatic rings. The highest BCUT2D eigenvalue weighted by Crippen LogP contribution is 2.28. The van der Waals surface area contributed by atoms with Gasteiger partial charge in [-0.15, -0.1) is 11.6 Å². The molecule has 0 aliphatic heterocycles. The van der Waals surface area contributed by atoms with Crippen molar-refractivity contribution in [1.29, 1.82) is 0 Å². The molecule has 0 bridgehead atoms. The van der Waals surface area contributed by atoms with Crippen molar-refractivity contribution in [2.75, 3.05) is 0 Å². The van der Waals surface area contributed by atoms with E-state index in [2.05, 4.69) is 0 Å². The van der Waals surface area contributed by atoms with Gasteiger partial charge in [-0.1, -0.05) is 64.1 Å². The first-order chi connectivity index (χ1) is 5.31. The van der Waals surface area contributed by atoms with Gasteiger partial charge in [0.15, 0.2) is 0 Å². The third-order valence-corrected chi connectivity index (χ3v) is 1.66.